The number of nitrogens with one attached hydrogen (secondary N) is 2. The van der Waals surface area contributed by atoms with Gasteiger partial charge in [0, 0.05) is 44.6 Å². The molecule has 0 amide bonds. The van der Waals surface area contributed by atoms with E-state index in [2.05, 4.69) is 65.7 Å². The summed E-state index contributed by atoms with van der Waals surface area (Å²) in [5.41, 5.74) is 2.37. The molecule has 7 nitrogen and oxygen atoms in total. The Labute approximate surface area is 203 Å². The first-order valence-corrected chi connectivity index (χ1v) is 11.1. The van der Waals surface area contributed by atoms with E-state index in [0.717, 1.165) is 64.0 Å². The van der Waals surface area contributed by atoms with Gasteiger partial charge in [0.05, 0.1) is 25.4 Å². The van der Waals surface area contributed by atoms with E-state index in [1.165, 1.54) is 5.56 Å². The van der Waals surface area contributed by atoms with Crippen molar-refractivity contribution in [3.63, 3.8) is 0 Å². The van der Waals surface area contributed by atoms with Crippen LogP contribution in [0.5, 0.6) is 0 Å². The Hall–Kier alpha value is -1.65. The monoisotopic (exact) mass is 540 g/mol. The maximum Gasteiger partial charge on any atom is 0.191 e. The van der Waals surface area contributed by atoms with Crippen LogP contribution in [0, 0.1) is 5.92 Å². The Morgan fingerprint density at radius 1 is 1.16 bits per heavy atom. The average molecular weight is 540 g/mol. The van der Waals surface area contributed by atoms with Crippen LogP contribution >= 0.6 is 24.0 Å². The summed E-state index contributed by atoms with van der Waals surface area (Å²) in [5.74, 6) is 1.45. The minimum absolute atomic E-state index is 0. The van der Waals surface area contributed by atoms with Crippen molar-refractivity contribution >= 4 is 29.9 Å². The van der Waals surface area contributed by atoms with E-state index in [-0.39, 0.29) is 24.0 Å². The maximum atomic E-state index is 5.51. The fraction of sp³-hybridized carbons (Fsp3) is 0.565. The SMILES string of the molecule is CCNC(=NCC(C(C)C)N1CCOCC1)NCCc1ccc(-n2cccn2)cc1.I. The second-order valence-corrected chi connectivity index (χ2v) is 7.97. The summed E-state index contributed by atoms with van der Waals surface area (Å²) in [6.07, 6.45) is 4.69. The molecular formula is C23H37IN6O. The summed E-state index contributed by atoms with van der Waals surface area (Å²) >= 11 is 0. The molecule has 1 fully saturated rings. The number of rotatable bonds is 9. The van der Waals surface area contributed by atoms with Crippen LogP contribution < -0.4 is 10.6 Å². The van der Waals surface area contributed by atoms with E-state index in [0.29, 0.717) is 12.0 Å². The molecule has 172 valence electrons. The molecule has 2 N–H and O–H groups in total. The summed E-state index contributed by atoms with van der Waals surface area (Å²) in [6.45, 7) is 12.8. The van der Waals surface area contributed by atoms with Crippen LogP contribution in [-0.2, 0) is 11.2 Å². The number of hydrogen-bond donors (Lipinski definition) is 2. The third-order valence-corrected chi connectivity index (χ3v) is 5.48. The molecule has 3 rings (SSSR count). The van der Waals surface area contributed by atoms with E-state index >= 15 is 0 Å². The van der Waals surface area contributed by atoms with E-state index in [1.54, 1.807) is 6.20 Å². The zero-order valence-corrected chi connectivity index (χ0v) is 21.3. The summed E-state index contributed by atoms with van der Waals surface area (Å²) < 4.78 is 7.38. The van der Waals surface area contributed by atoms with E-state index in [4.69, 9.17) is 9.73 Å². The fourth-order valence-electron chi connectivity index (χ4n) is 3.75. The van der Waals surface area contributed by atoms with Crippen molar-refractivity contribution in [3.8, 4) is 5.69 Å². The molecule has 1 unspecified atom stereocenters. The van der Waals surface area contributed by atoms with Gasteiger partial charge in [-0.15, -0.1) is 24.0 Å². The fourth-order valence-corrected chi connectivity index (χ4v) is 3.75. The largest absolute Gasteiger partial charge is 0.379 e. The molecular weight excluding hydrogens is 503 g/mol. The van der Waals surface area contributed by atoms with Crippen LogP contribution in [0.1, 0.15) is 26.3 Å². The second kappa shape index (κ2) is 13.7. The van der Waals surface area contributed by atoms with Crippen LogP contribution in [0.4, 0.5) is 0 Å². The van der Waals surface area contributed by atoms with Gasteiger partial charge in [-0.2, -0.15) is 5.10 Å². The predicted molar refractivity (Wildman–Crippen MR) is 138 cm³/mol. The van der Waals surface area contributed by atoms with Crippen LogP contribution in [0.15, 0.2) is 47.7 Å². The number of ether oxygens (including phenoxy) is 1. The van der Waals surface area contributed by atoms with Gasteiger partial charge in [0.15, 0.2) is 5.96 Å². The van der Waals surface area contributed by atoms with Gasteiger partial charge in [-0.3, -0.25) is 9.89 Å². The van der Waals surface area contributed by atoms with Crippen molar-refractivity contribution in [2.75, 3.05) is 45.9 Å². The number of halogens is 1. The van der Waals surface area contributed by atoms with Gasteiger partial charge in [-0.05, 0) is 43.0 Å². The number of benzene rings is 1. The molecule has 0 spiro atoms. The molecule has 8 heteroatoms. The van der Waals surface area contributed by atoms with Gasteiger partial charge in [0.1, 0.15) is 0 Å². The molecule has 2 aromatic rings. The number of hydrogen-bond acceptors (Lipinski definition) is 4. The first-order chi connectivity index (χ1) is 14.7. The highest BCUT2D eigenvalue weighted by molar-refractivity contribution is 14.0. The number of morpholine rings is 1. The summed E-state index contributed by atoms with van der Waals surface area (Å²) in [4.78, 5) is 7.41. The Morgan fingerprint density at radius 2 is 1.90 bits per heavy atom. The third kappa shape index (κ3) is 8.08. The summed E-state index contributed by atoms with van der Waals surface area (Å²) in [6, 6.07) is 10.9. The lowest BCUT2D eigenvalue weighted by Crippen LogP contribution is -2.48. The molecule has 1 aliphatic heterocycles. The molecule has 1 aromatic heterocycles. The number of nitrogens with zero attached hydrogens (tertiary/aromatic N) is 4. The molecule has 1 aromatic carbocycles. The Bertz CT molecular complexity index is 757. The Morgan fingerprint density at radius 3 is 2.52 bits per heavy atom. The van der Waals surface area contributed by atoms with Crippen molar-refractivity contribution in [2.45, 2.75) is 33.2 Å². The van der Waals surface area contributed by atoms with Crippen LogP contribution in [0.25, 0.3) is 5.69 Å². The molecule has 1 atom stereocenters. The molecule has 1 saturated heterocycles. The molecule has 1 aliphatic rings. The van der Waals surface area contributed by atoms with Gasteiger partial charge < -0.3 is 15.4 Å². The summed E-state index contributed by atoms with van der Waals surface area (Å²) in [7, 11) is 0. The van der Waals surface area contributed by atoms with Gasteiger partial charge >= 0.3 is 0 Å². The maximum absolute atomic E-state index is 5.51. The minimum Gasteiger partial charge on any atom is -0.379 e. The van der Waals surface area contributed by atoms with Crippen LogP contribution in [0.2, 0.25) is 0 Å². The molecule has 2 heterocycles. The average Bonchev–Trinajstić information content (AvgIpc) is 3.30. The van der Waals surface area contributed by atoms with Crippen molar-refractivity contribution in [2.24, 2.45) is 10.9 Å². The highest BCUT2D eigenvalue weighted by Gasteiger charge is 2.23. The van der Waals surface area contributed by atoms with Crippen molar-refractivity contribution < 1.29 is 4.74 Å². The number of aliphatic imine (C=N–C) groups is 1. The standard InChI is InChI=1S/C23H36N6O.HI/c1-4-24-23(26-18-22(19(2)3)28-14-16-30-17-15-28)25-12-10-20-6-8-21(9-7-20)29-13-5-11-27-29;/h5-9,11,13,19,22H,4,10,12,14-18H2,1-3H3,(H2,24,25,26);1H. The van der Waals surface area contributed by atoms with E-state index < -0.39 is 0 Å². The lowest BCUT2D eigenvalue weighted by molar-refractivity contribution is 0.00867. The quantitative estimate of drug-likeness (QED) is 0.291. The topological polar surface area (TPSA) is 66.7 Å². The highest BCUT2D eigenvalue weighted by atomic mass is 127. The zero-order chi connectivity index (χ0) is 21.2. The Balaban J connectivity index is 0.00000341. The molecule has 0 radical (unpaired) electrons. The smallest absolute Gasteiger partial charge is 0.191 e. The van der Waals surface area contributed by atoms with Crippen molar-refractivity contribution in [1.29, 1.82) is 0 Å². The lowest BCUT2D eigenvalue weighted by Gasteiger charge is -2.36. The van der Waals surface area contributed by atoms with Gasteiger partial charge in [0.2, 0.25) is 0 Å². The van der Waals surface area contributed by atoms with Gasteiger partial charge in [-0.1, -0.05) is 26.0 Å². The predicted octanol–water partition coefficient (Wildman–Crippen LogP) is 2.94. The molecule has 31 heavy (non-hydrogen) atoms. The summed E-state index contributed by atoms with van der Waals surface area (Å²) in [5, 5.41) is 11.1. The first kappa shape index (κ1) is 25.6. The Kier molecular flexibility index (Phi) is 11.3. The third-order valence-electron chi connectivity index (χ3n) is 5.48. The minimum atomic E-state index is 0. The van der Waals surface area contributed by atoms with E-state index in [1.807, 2.05) is 16.9 Å². The first-order valence-electron chi connectivity index (χ1n) is 11.1. The zero-order valence-electron chi connectivity index (χ0n) is 19.0. The normalized spacial score (nSPS) is 16.1. The molecule has 0 saturated carbocycles. The van der Waals surface area contributed by atoms with E-state index in [9.17, 15) is 0 Å². The van der Waals surface area contributed by atoms with Gasteiger partial charge in [-0.25, -0.2) is 4.68 Å². The van der Waals surface area contributed by atoms with Crippen LogP contribution in [0.3, 0.4) is 0 Å². The number of guanidine groups is 1. The molecule has 0 bridgehead atoms. The van der Waals surface area contributed by atoms with Crippen molar-refractivity contribution in [1.82, 2.24) is 25.3 Å². The highest BCUT2D eigenvalue weighted by Crippen LogP contribution is 2.13. The lowest BCUT2D eigenvalue weighted by atomic mass is 10.0. The number of aromatic nitrogens is 2. The van der Waals surface area contributed by atoms with Crippen LogP contribution in [-0.4, -0.2) is 72.6 Å². The second-order valence-electron chi connectivity index (χ2n) is 7.97. The van der Waals surface area contributed by atoms with Crippen molar-refractivity contribution in [3.05, 3.63) is 48.3 Å². The van der Waals surface area contributed by atoms with Gasteiger partial charge in [0.25, 0.3) is 0 Å². The molecule has 0 aliphatic carbocycles.